The van der Waals surface area contributed by atoms with Crippen molar-refractivity contribution in [2.24, 2.45) is 5.92 Å². The smallest absolute Gasteiger partial charge is 0.239 e. The maximum absolute atomic E-state index is 12.0. The van der Waals surface area contributed by atoms with Gasteiger partial charge < -0.3 is 10.2 Å². The molecule has 0 radical (unpaired) electrons. The molecule has 1 fully saturated rings. The molecular weight excluding hydrogens is 220 g/mol. The fourth-order valence-electron chi connectivity index (χ4n) is 1.98. The maximum Gasteiger partial charge on any atom is 0.239 e. The van der Waals surface area contributed by atoms with Crippen LogP contribution in [0.5, 0.6) is 0 Å². The minimum Gasteiger partial charge on any atom is -0.342 e. The average molecular weight is 244 g/mol. The number of hydrogen-bond acceptors (Lipinski definition) is 3. The molecule has 0 aromatic carbocycles. The van der Waals surface area contributed by atoms with E-state index in [0.29, 0.717) is 0 Å². The number of thioether (sulfide) groups is 1. The second-order valence-electron chi connectivity index (χ2n) is 4.37. The summed E-state index contributed by atoms with van der Waals surface area (Å²) in [5.74, 6) is 3.52. The summed E-state index contributed by atoms with van der Waals surface area (Å²) >= 11 is 2.02. The monoisotopic (exact) mass is 244 g/mol. The Bertz CT molecular complexity index is 213. The molecule has 0 aliphatic carbocycles. The van der Waals surface area contributed by atoms with Gasteiger partial charge in [0.25, 0.3) is 0 Å². The molecule has 1 aliphatic rings. The third-order valence-corrected chi connectivity index (χ3v) is 4.41. The summed E-state index contributed by atoms with van der Waals surface area (Å²) in [7, 11) is 0. The van der Waals surface area contributed by atoms with Crippen molar-refractivity contribution in [3.8, 4) is 0 Å². The summed E-state index contributed by atoms with van der Waals surface area (Å²) in [4.78, 5) is 13.9. The summed E-state index contributed by atoms with van der Waals surface area (Å²) in [6.45, 7) is 8.63. The van der Waals surface area contributed by atoms with Crippen molar-refractivity contribution >= 4 is 17.7 Å². The van der Waals surface area contributed by atoms with Crippen molar-refractivity contribution in [3.63, 3.8) is 0 Å². The van der Waals surface area contributed by atoms with Gasteiger partial charge in [0.15, 0.2) is 0 Å². The van der Waals surface area contributed by atoms with E-state index >= 15 is 0 Å². The topological polar surface area (TPSA) is 32.3 Å². The minimum absolute atomic E-state index is 0.0366. The Kier molecular flexibility index (Phi) is 6.21. The third kappa shape index (κ3) is 3.98. The summed E-state index contributed by atoms with van der Waals surface area (Å²) in [6.07, 6.45) is 1.30. The number of carbonyl (C=O) groups is 1. The largest absolute Gasteiger partial charge is 0.342 e. The molecule has 1 rings (SSSR count). The highest BCUT2D eigenvalue weighted by Crippen LogP contribution is 2.22. The van der Waals surface area contributed by atoms with Crippen molar-refractivity contribution < 1.29 is 4.79 Å². The number of nitrogens with one attached hydrogen (secondary N) is 1. The van der Waals surface area contributed by atoms with Crippen LogP contribution in [0.2, 0.25) is 0 Å². The molecule has 1 saturated heterocycles. The molecule has 0 aromatic rings. The number of carbonyl (C=O) groups excluding carboxylic acids is 1. The molecule has 2 unspecified atom stereocenters. The Morgan fingerprint density at radius 3 is 2.69 bits per heavy atom. The van der Waals surface area contributed by atoms with Crippen LogP contribution in [0.25, 0.3) is 0 Å². The molecule has 94 valence electrons. The zero-order valence-corrected chi connectivity index (χ0v) is 11.5. The van der Waals surface area contributed by atoms with Crippen molar-refractivity contribution in [2.45, 2.75) is 33.2 Å². The number of likely N-dealkylation sites (N-methyl/N-ethyl adjacent to an activating group) is 1. The van der Waals surface area contributed by atoms with Gasteiger partial charge in [0.1, 0.15) is 0 Å². The van der Waals surface area contributed by atoms with E-state index in [9.17, 15) is 4.79 Å². The maximum atomic E-state index is 12.0. The van der Waals surface area contributed by atoms with Gasteiger partial charge in [0.05, 0.1) is 6.04 Å². The van der Waals surface area contributed by atoms with Gasteiger partial charge in [-0.1, -0.05) is 0 Å². The van der Waals surface area contributed by atoms with E-state index in [1.807, 2.05) is 37.4 Å². The molecule has 0 spiro atoms. The minimum atomic E-state index is -0.0366. The SMILES string of the molecule is CCN(CC)C(=O)C(C)NCC1CCSC1. The van der Waals surface area contributed by atoms with Gasteiger partial charge in [-0.3, -0.25) is 4.79 Å². The van der Waals surface area contributed by atoms with Crippen LogP contribution < -0.4 is 5.32 Å². The van der Waals surface area contributed by atoms with E-state index in [0.717, 1.165) is 25.6 Å². The molecule has 1 heterocycles. The van der Waals surface area contributed by atoms with E-state index in [4.69, 9.17) is 0 Å². The second kappa shape index (κ2) is 7.17. The van der Waals surface area contributed by atoms with Gasteiger partial charge in [-0.05, 0) is 51.2 Å². The standard InChI is InChI=1S/C12H24N2OS/c1-4-14(5-2)12(15)10(3)13-8-11-6-7-16-9-11/h10-11,13H,4-9H2,1-3H3. The summed E-state index contributed by atoms with van der Waals surface area (Å²) in [5, 5.41) is 3.37. The summed E-state index contributed by atoms with van der Waals surface area (Å²) in [6, 6.07) is -0.0366. The Morgan fingerprint density at radius 1 is 1.50 bits per heavy atom. The Labute approximate surface area is 103 Å². The van der Waals surface area contributed by atoms with Crippen molar-refractivity contribution in [2.75, 3.05) is 31.1 Å². The molecule has 1 aliphatic heterocycles. The van der Waals surface area contributed by atoms with Crippen LogP contribution in [0, 0.1) is 5.92 Å². The first kappa shape index (κ1) is 13.8. The van der Waals surface area contributed by atoms with Gasteiger partial charge in [-0.15, -0.1) is 0 Å². The lowest BCUT2D eigenvalue weighted by Gasteiger charge is -2.24. The van der Waals surface area contributed by atoms with Crippen LogP contribution in [0.4, 0.5) is 0 Å². The summed E-state index contributed by atoms with van der Waals surface area (Å²) < 4.78 is 0. The molecule has 16 heavy (non-hydrogen) atoms. The molecule has 2 atom stereocenters. The van der Waals surface area contributed by atoms with Gasteiger partial charge in [0, 0.05) is 13.1 Å². The normalized spacial score (nSPS) is 22.1. The van der Waals surface area contributed by atoms with Crippen LogP contribution in [0.15, 0.2) is 0 Å². The molecular formula is C12H24N2OS. The van der Waals surface area contributed by atoms with Crippen LogP contribution in [0.3, 0.4) is 0 Å². The Morgan fingerprint density at radius 2 is 2.19 bits per heavy atom. The average Bonchev–Trinajstić information content (AvgIpc) is 2.80. The molecule has 4 heteroatoms. The van der Waals surface area contributed by atoms with Gasteiger partial charge in [-0.2, -0.15) is 11.8 Å². The van der Waals surface area contributed by atoms with Crippen LogP contribution >= 0.6 is 11.8 Å². The third-order valence-electron chi connectivity index (χ3n) is 3.18. The van der Waals surface area contributed by atoms with E-state index in [1.54, 1.807) is 0 Å². The van der Waals surface area contributed by atoms with Gasteiger partial charge in [-0.25, -0.2) is 0 Å². The van der Waals surface area contributed by atoms with E-state index < -0.39 is 0 Å². The molecule has 0 saturated carbocycles. The highest BCUT2D eigenvalue weighted by atomic mass is 32.2. The summed E-state index contributed by atoms with van der Waals surface area (Å²) in [5.41, 5.74) is 0. The molecule has 0 bridgehead atoms. The first-order chi connectivity index (χ1) is 7.69. The first-order valence-electron chi connectivity index (χ1n) is 6.28. The lowest BCUT2D eigenvalue weighted by molar-refractivity contribution is -0.132. The fraction of sp³-hybridized carbons (Fsp3) is 0.917. The van der Waals surface area contributed by atoms with Crippen molar-refractivity contribution in [3.05, 3.63) is 0 Å². The zero-order valence-electron chi connectivity index (χ0n) is 10.7. The molecule has 1 amide bonds. The second-order valence-corrected chi connectivity index (χ2v) is 5.52. The Balaban J connectivity index is 2.27. The van der Waals surface area contributed by atoms with Gasteiger partial charge >= 0.3 is 0 Å². The predicted octanol–water partition coefficient (Wildman–Crippen LogP) is 1.59. The number of amides is 1. The van der Waals surface area contributed by atoms with Gasteiger partial charge in [0.2, 0.25) is 5.91 Å². The molecule has 0 aromatic heterocycles. The fourth-order valence-corrected chi connectivity index (χ4v) is 3.27. The Hall–Kier alpha value is -0.220. The van der Waals surface area contributed by atoms with Crippen molar-refractivity contribution in [1.29, 1.82) is 0 Å². The molecule has 1 N–H and O–H groups in total. The van der Waals surface area contributed by atoms with E-state index in [1.165, 1.54) is 17.9 Å². The lowest BCUT2D eigenvalue weighted by Crippen LogP contribution is -2.46. The first-order valence-corrected chi connectivity index (χ1v) is 7.44. The number of hydrogen-bond donors (Lipinski definition) is 1. The quantitative estimate of drug-likeness (QED) is 0.770. The number of nitrogens with zero attached hydrogens (tertiary/aromatic N) is 1. The van der Waals surface area contributed by atoms with Crippen molar-refractivity contribution in [1.82, 2.24) is 10.2 Å². The van der Waals surface area contributed by atoms with Crippen LogP contribution in [-0.4, -0.2) is 48.0 Å². The predicted molar refractivity (Wildman–Crippen MR) is 70.8 cm³/mol. The molecule has 3 nitrogen and oxygen atoms in total. The highest BCUT2D eigenvalue weighted by molar-refractivity contribution is 7.99. The lowest BCUT2D eigenvalue weighted by atomic mass is 10.1. The highest BCUT2D eigenvalue weighted by Gasteiger charge is 2.20. The van der Waals surface area contributed by atoms with E-state index in [2.05, 4.69) is 5.32 Å². The van der Waals surface area contributed by atoms with Crippen LogP contribution in [0.1, 0.15) is 27.2 Å². The van der Waals surface area contributed by atoms with E-state index in [-0.39, 0.29) is 11.9 Å². The van der Waals surface area contributed by atoms with Crippen LogP contribution in [-0.2, 0) is 4.79 Å². The zero-order chi connectivity index (χ0) is 12.0. The number of rotatable bonds is 6.